The predicted octanol–water partition coefficient (Wildman–Crippen LogP) is 1.59. The van der Waals surface area contributed by atoms with Gasteiger partial charge in [-0.15, -0.1) is 24.0 Å². The number of aliphatic imine (C=N–C) groups is 1. The number of nitrogens with zero attached hydrogens (tertiary/aromatic N) is 2. The molecule has 0 radical (unpaired) electrons. The van der Waals surface area contributed by atoms with Gasteiger partial charge in [0.05, 0.1) is 6.54 Å². The van der Waals surface area contributed by atoms with E-state index in [2.05, 4.69) is 15.2 Å². The summed E-state index contributed by atoms with van der Waals surface area (Å²) < 4.78 is 0. The molecule has 0 aliphatic carbocycles. The van der Waals surface area contributed by atoms with E-state index in [0.29, 0.717) is 12.5 Å². The van der Waals surface area contributed by atoms with Gasteiger partial charge in [-0.2, -0.15) is 0 Å². The molecule has 3 N–H and O–H groups in total. The van der Waals surface area contributed by atoms with E-state index in [4.69, 9.17) is 5.73 Å². The van der Waals surface area contributed by atoms with Gasteiger partial charge in [-0.25, -0.2) is 0 Å². The number of benzene rings is 1. The molecular weight excluding hydrogens is 315 g/mol. The van der Waals surface area contributed by atoms with Crippen molar-refractivity contribution in [3.8, 4) is 0 Å². The van der Waals surface area contributed by atoms with Gasteiger partial charge in [0.2, 0.25) is 0 Å². The van der Waals surface area contributed by atoms with Gasteiger partial charge in [-0.3, -0.25) is 4.99 Å². The van der Waals surface area contributed by atoms with Crippen molar-refractivity contribution in [3.63, 3.8) is 0 Å². The van der Waals surface area contributed by atoms with Crippen LogP contribution >= 0.6 is 24.0 Å². The Balaban J connectivity index is 0.00000225. The van der Waals surface area contributed by atoms with Crippen LogP contribution in [0.5, 0.6) is 0 Å². The van der Waals surface area contributed by atoms with Crippen LogP contribution in [0.25, 0.3) is 0 Å². The predicted molar refractivity (Wildman–Crippen MR) is 80.5 cm³/mol. The van der Waals surface area contributed by atoms with Crippen molar-refractivity contribution in [2.45, 2.75) is 0 Å². The Hall–Kier alpha value is -0.820. The number of anilines is 1. The van der Waals surface area contributed by atoms with E-state index in [-0.39, 0.29) is 24.0 Å². The quantitative estimate of drug-likeness (QED) is 0.500. The lowest BCUT2D eigenvalue weighted by atomic mass is 10.3. The van der Waals surface area contributed by atoms with Crippen molar-refractivity contribution < 1.29 is 0 Å². The zero-order valence-corrected chi connectivity index (χ0v) is 12.0. The van der Waals surface area contributed by atoms with Crippen LogP contribution in [0.1, 0.15) is 0 Å². The molecule has 4 nitrogen and oxygen atoms in total. The molecule has 0 aromatic heterocycles. The molecule has 90 valence electrons. The van der Waals surface area contributed by atoms with Crippen LogP contribution in [-0.2, 0) is 0 Å². The standard InChI is InChI=1S/C11H18N4.HI/c1-15(2)9-8-13-11(12)14-10-6-4-3-5-7-10;/h3-7H,8-9H2,1-2H3,(H3,12,13,14);1H. The van der Waals surface area contributed by atoms with Gasteiger partial charge in [0.1, 0.15) is 0 Å². The fourth-order valence-electron chi connectivity index (χ4n) is 1.08. The lowest BCUT2D eigenvalue weighted by Gasteiger charge is -2.08. The minimum absolute atomic E-state index is 0. The molecule has 0 atom stereocenters. The third kappa shape index (κ3) is 6.62. The second kappa shape index (κ2) is 8.35. The number of hydrogen-bond acceptors (Lipinski definition) is 2. The number of guanidine groups is 1. The molecule has 5 heteroatoms. The summed E-state index contributed by atoms with van der Waals surface area (Å²) in [6.07, 6.45) is 0. The summed E-state index contributed by atoms with van der Waals surface area (Å²) in [5.41, 5.74) is 6.67. The maximum absolute atomic E-state index is 5.71. The average molecular weight is 334 g/mol. The number of hydrogen-bond donors (Lipinski definition) is 2. The molecule has 1 aromatic carbocycles. The van der Waals surface area contributed by atoms with Crippen LogP contribution < -0.4 is 11.1 Å². The van der Waals surface area contributed by atoms with Gasteiger partial charge in [0.15, 0.2) is 5.96 Å². The first-order valence-corrected chi connectivity index (χ1v) is 4.95. The third-order valence-corrected chi connectivity index (χ3v) is 1.88. The molecule has 0 saturated heterocycles. The molecule has 0 aliphatic heterocycles. The number of nitrogens with one attached hydrogen (secondary N) is 1. The Bertz CT molecular complexity index is 311. The molecule has 0 fully saturated rings. The highest BCUT2D eigenvalue weighted by molar-refractivity contribution is 14.0. The first-order chi connectivity index (χ1) is 7.18. The monoisotopic (exact) mass is 334 g/mol. The maximum Gasteiger partial charge on any atom is 0.193 e. The van der Waals surface area contributed by atoms with Crippen molar-refractivity contribution >= 4 is 35.6 Å². The van der Waals surface area contributed by atoms with Gasteiger partial charge in [-0.1, -0.05) is 18.2 Å². The molecule has 1 rings (SSSR count). The van der Waals surface area contributed by atoms with Gasteiger partial charge in [-0.05, 0) is 26.2 Å². The average Bonchev–Trinajstić information content (AvgIpc) is 2.18. The second-order valence-electron chi connectivity index (χ2n) is 3.56. The highest BCUT2D eigenvalue weighted by Gasteiger charge is 1.93. The largest absolute Gasteiger partial charge is 0.370 e. The Morgan fingerprint density at radius 3 is 2.50 bits per heavy atom. The Morgan fingerprint density at radius 2 is 1.94 bits per heavy atom. The molecule has 0 spiro atoms. The van der Waals surface area contributed by atoms with E-state index >= 15 is 0 Å². The Labute approximate surface area is 114 Å². The Morgan fingerprint density at radius 1 is 1.31 bits per heavy atom. The molecular formula is C11H19IN4. The van der Waals surface area contributed by atoms with Gasteiger partial charge in [0.25, 0.3) is 0 Å². The maximum atomic E-state index is 5.71. The van der Waals surface area contributed by atoms with Crippen LogP contribution in [0.4, 0.5) is 5.69 Å². The Kier molecular flexibility index (Phi) is 7.92. The summed E-state index contributed by atoms with van der Waals surface area (Å²) in [5.74, 6) is 0.461. The zero-order chi connectivity index (χ0) is 11.1. The lowest BCUT2D eigenvalue weighted by molar-refractivity contribution is 0.420. The smallest absolute Gasteiger partial charge is 0.193 e. The number of para-hydroxylation sites is 1. The highest BCUT2D eigenvalue weighted by atomic mass is 127. The third-order valence-electron chi connectivity index (χ3n) is 1.88. The van der Waals surface area contributed by atoms with E-state index in [0.717, 1.165) is 12.2 Å². The SMILES string of the molecule is CN(C)CCN=C(N)Nc1ccccc1.I. The van der Waals surface area contributed by atoms with Crippen LogP contribution in [0.3, 0.4) is 0 Å². The lowest BCUT2D eigenvalue weighted by Crippen LogP contribution is -2.24. The number of halogens is 1. The molecule has 0 amide bonds. The number of rotatable bonds is 4. The summed E-state index contributed by atoms with van der Waals surface area (Å²) in [5, 5.41) is 3.02. The molecule has 0 heterocycles. The van der Waals surface area contributed by atoms with E-state index in [1.165, 1.54) is 0 Å². The minimum Gasteiger partial charge on any atom is -0.370 e. The molecule has 0 saturated carbocycles. The summed E-state index contributed by atoms with van der Waals surface area (Å²) >= 11 is 0. The molecule has 1 aromatic rings. The molecule has 0 unspecified atom stereocenters. The van der Waals surface area contributed by atoms with E-state index in [1.807, 2.05) is 44.4 Å². The van der Waals surface area contributed by atoms with Crippen LogP contribution in [0.2, 0.25) is 0 Å². The second-order valence-corrected chi connectivity index (χ2v) is 3.56. The summed E-state index contributed by atoms with van der Waals surface area (Å²) in [7, 11) is 4.02. The van der Waals surface area contributed by atoms with Crippen molar-refractivity contribution in [2.75, 3.05) is 32.5 Å². The van der Waals surface area contributed by atoms with E-state index < -0.39 is 0 Å². The molecule has 0 aliphatic rings. The normalized spacial score (nSPS) is 11.1. The van der Waals surface area contributed by atoms with Gasteiger partial charge < -0.3 is 16.0 Å². The zero-order valence-electron chi connectivity index (χ0n) is 9.68. The first kappa shape index (κ1) is 15.2. The molecule has 16 heavy (non-hydrogen) atoms. The van der Waals surface area contributed by atoms with Crippen LogP contribution in [0, 0.1) is 0 Å². The fraction of sp³-hybridized carbons (Fsp3) is 0.364. The van der Waals surface area contributed by atoms with Crippen molar-refractivity contribution in [2.24, 2.45) is 10.7 Å². The van der Waals surface area contributed by atoms with Gasteiger partial charge in [0, 0.05) is 12.2 Å². The van der Waals surface area contributed by atoms with Crippen molar-refractivity contribution in [1.29, 1.82) is 0 Å². The fourth-order valence-corrected chi connectivity index (χ4v) is 1.08. The van der Waals surface area contributed by atoms with Crippen molar-refractivity contribution in [1.82, 2.24) is 4.90 Å². The topological polar surface area (TPSA) is 53.6 Å². The molecule has 0 bridgehead atoms. The van der Waals surface area contributed by atoms with E-state index in [9.17, 15) is 0 Å². The summed E-state index contributed by atoms with van der Waals surface area (Å²) in [4.78, 5) is 6.27. The first-order valence-electron chi connectivity index (χ1n) is 4.95. The number of likely N-dealkylation sites (N-methyl/N-ethyl adjacent to an activating group) is 1. The highest BCUT2D eigenvalue weighted by Crippen LogP contribution is 2.03. The van der Waals surface area contributed by atoms with Gasteiger partial charge >= 0.3 is 0 Å². The van der Waals surface area contributed by atoms with Crippen LogP contribution in [-0.4, -0.2) is 38.0 Å². The number of nitrogens with two attached hydrogens (primary N) is 1. The van der Waals surface area contributed by atoms with E-state index in [1.54, 1.807) is 0 Å². The minimum atomic E-state index is 0. The summed E-state index contributed by atoms with van der Waals surface area (Å²) in [6, 6.07) is 9.78. The van der Waals surface area contributed by atoms with Crippen molar-refractivity contribution in [3.05, 3.63) is 30.3 Å². The van der Waals surface area contributed by atoms with Crippen LogP contribution in [0.15, 0.2) is 35.3 Å². The summed E-state index contributed by atoms with van der Waals surface area (Å²) in [6.45, 7) is 1.61.